The van der Waals surface area contributed by atoms with E-state index in [1.165, 1.54) is 18.2 Å². The fraction of sp³-hybridized carbons (Fsp3) is 0.200. The van der Waals surface area contributed by atoms with Gasteiger partial charge in [0.05, 0.1) is 35.7 Å². The Bertz CT molecular complexity index is 1510. The predicted octanol–water partition coefficient (Wildman–Crippen LogP) is 3.47. The SMILES string of the molecule is Cn1c(CNS(=O)(=O)c2cccc(C(=O)Nc3ccc4c(c3)OCCCO4)c2)nc2ccccc21. The molecular weight excluding hydrogens is 468 g/mol. The number of ether oxygens (including phenoxy) is 2. The predicted molar refractivity (Wildman–Crippen MR) is 131 cm³/mol. The van der Waals surface area contributed by atoms with E-state index in [-0.39, 0.29) is 17.0 Å². The Morgan fingerprint density at radius 3 is 2.63 bits per heavy atom. The molecule has 1 aromatic heterocycles. The summed E-state index contributed by atoms with van der Waals surface area (Å²) in [6.07, 6.45) is 0.780. The standard InChI is InChI=1S/C25H24N4O5S/c1-29-21-9-3-2-8-20(21)28-24(29)16-26-35(31,32)19-7-4-6-17(14-19)25(30)27-18-10-11-22-23(15-18)34-13-5-12-33-22/h2-4,6-11,14-15,26H,5,12-13,16H2,1H3,(H,27,30). The molecule has 2 N–H and O–H groups in total. The van der Waals surface area contributed by atoms with Gasteiger partial charge in [-0.3, -0.25) is 4.79 Å². The number of nitrogens with one attached hydrogen (secondary N) is 2. The first-order valence-corrected chi connectivity index (χ1v) is 12.6. The van der Waals surface area contributed by atoms with Gasteiger partial charge in [-0.05, 0) is 42.5 Å². The zero-order valence-corrected chi connectivity index (χ0v) is 19.8. The topological polar surface area (TPSA) is 112 Å². The molecule has 1 amide bonds. The zero-order chi connectivity index (χ0) is 24.4. The summed E-state index contributed by atoms with van der Waals surface area (Å²) in [7, 11) is -2.04. The monoisotopic (exact) mass is 492 g/mol. The van der Waals surface area contributed by atoms with Crippen molar-refractivity contribution < 1.29 is 22.7 Å². The van der Waals surface area contributed by atoms with Crippen molar-refractivity contribution in [3.8, 4) is 11.5 Å². The average molecular weight is 493 g/mol. The molecule has 0 unspecified atom stereocenters. The number of carbonyl (C=O) groups excluding carboxylic acids is 1. The van der Waals surface area contributed by atoms with E-state index in [2.05, 4.69) is 15.0 Å². The number of rotatable bonds is 6. The van der Waals surface area contributed by atoms with E-state index in [1.807, 2.05) is 35.9 Å². The molecule has 1 aliphatic heterocycles. The molecule has 180 valence electrons. The highest BCUT2D eigenvalue weighted by molar-refractivity contribution is 7.89. The second-order valence-corrected chi connectivity index (χ2v) is 9.86. The maximum atomic E-state index is 12.9. The number of hydrogen-bond acceptors (Lipinski definition) is 6. The minimum Gasteiger partial charge on any atom is -0.490 e. The van der Waals surface area contributed by atoms with Crippen LogP contribution in [-0.2, 0) is 23.6 Å². The van der Waals surface area contributed by atoms with Crippen LogP contribution in [0.25, 0.3) is 11.0 Å². The summed E-state index contributed by atoms with van der Waals surface area (Å²) in [4.78, 5) is 17.3. The van der Waals surface area contributed by atoms with E-state index in [9.17, 15) is 13.2 Å². The number of amides is 1. The molecule has 5 rings (SSSR count). The molecule has 0 saturated heterocycles. The Balaban J connectivity index is 1.30. The number of imidazole rings is 1. The Labute approximate surface area is 202 Å². The smallest absolute Gasteiger partial charge is 0.255 e. The lowest BCUT2D eigenvalue weighted by molar-refractivity contribution is 0.102. The van der Waals surface area contributed by atoms with Gasteiger partial charge in [-0.15, -0.1) is 0 Å². The zero-order valence-electron chi connectivity index (χ0n) is 19.0. The highest BCUT2D eigenvalue weighted by Crippen LogP contribution is 2.32. The molecule has 0 aliphatic carbocycles. The number of hydrogen-bond donors (Lipinski definition) is 2. The summed E-state index contributed by atoms with van der Waals surface area (Å²) in [5, 5.41) is 2.78. The van der Waals surface area contributed by atoms with E-state index >= 15 is 0 Å². The minimum atomic E-state index is -3.88. The van der Waals surface area contributed by atoms with Gasteiger partial charge in [0.25, 0.3) is 5.91 Å². The van der Waals surface area contributed by atoms with E-state index in [0.29, 0.717) is 36.2 Å². The van der Waals surface area contributed by atoms with E-state index in [1.54, 1.807) is 24.3 Å². The van der Waals surface area contributed by atoms with Crippen molar-refractivity contribution in [3.05, 3.63) is 78.1 Å². The van der Waals surface area contributed by atoms with Crippen molar-refractivity contribution in [1.29, 1.82) is 0 Å². The number of aryl methyl sites for hydroxylation is 1. The number of aromatic nitrogens is 2. The molecule has 9 nitrogen and oxygen atoms in total. The third-order valence-corrected chi connectivity index (χ3v) is 7.11. The fourth-order valence-electron chi connectivity index (χ4n) is 3.85. The van der Waals surface area contributed by atoms with Crippen LogP contribution in [0, 0.1) is 0 Å². The van der Waals surface area contributed by atoms with Crippen molar-refractivity contribution in [2.45, 2.75) is 17.9 Å². The Kier molecular flexibility index (Phi) is 6.14. The molecule has 35 heavy (non-hydrogen) atoms. The summed E-state index contributed by atoms with van der Waals surface area (Å²) in [6.45, 7) is 1.12. The van der Waals surface area contributed by atoms with Crippen LogP contribution in [0.4, 0.5) is 5.69 Å². The molecule has 0 fully saturated rings. The van der Waals surface area contributed by atoms with Crippen molar-refractivity contribution in [3.63, 3.8) is 0 Å². The molecule has 0 atom stereocenters. The van der Waals surface area contributed by atoms with Crippen molar-refractivity contribution in [2.75, 3.05) is 18.5 Å². The maximum Gasteiger partial charge on any atom is 0.255 e. The van der Waals surface area contributed by atoms with Gasteiger partial charge < -0.3 is 19.4 Å². The van der Waals surface area contributed by atoms with Crippen LogP contribution >= 0.6 is 0 Å². The van der Waals surface area contributed by atoms with Crippen LogP contribution < -0.4 is 19.5 Å². The first kappa shape index (κ1) is 22.9. The van der Waals surface area contributed by atoms with Gasteiger partial charge >= 0.3 is 0 Å². The number of carbonyl (C=O) groups is 1. The van der Waals surface area contributed by atoms with Crippen LogP contribution in [0.15, 0.2) is 71.6 Å². The number of para-hydroxylation sites is 2. The highest BCUT2D eigenvalue weighted by Gasteiger charge is 2.19. The Morgan fingerprint density at radius 2 is 1.80 bits per heavy atom. The van der Waals surface area contributed by atoms with Crippen molar-refractivity contribution >= 4 is 32.7 Å². The van der Waals surface area contributed by atoms with Crippen LogP contribution in [0.1, 0.15) is 22.6 Å². The first-order chi connectivity index (χ1) is 16.9. The maximum absolute atomic E-state index is 12.9. The minimum absolute atomic E-state index is 0.0115. The summed E-state index contributed by atoms with van der Waals surface area (Å²) >= 11 is 0. The lowest BCUT2D eigenvalue weighted by atomic mass is 10.2. The summed E-state index contributed by atoms with van der Waals surface area (Å²) in [6, 6.07) is 18.6. The molecular formula is C25H24N4O5S. The molecule has 10 heteroatoms. The summed E-state index contributed by atoms with van der Waals surface area (Å²) in [5.41, 5.74) is 2.43. The van der Waals surface area contributed by atoms with Crippen molar-refractivity contribution in [1.82, 2.24) is 14.3 Å². The van der Waals surface area contributed by atoms with Gasteiger partial charge in [-0.1, -0.05) is 18.2 Å². The number of fused-ring (bicyclic) bond motifs is 2. The number of benzene rings is 3. The molecule has 0 saturated carbocycles. The Morgan fingerprint density at radius 1 is 1.00 bits per heavy atom. The van der Waals surface area contributed by atoms with Gasteiger partial charge in [-0.25, -0.2) is 18.1 Å². The van der Waals surface area contributed by atoms with Crippen LogP contribution in [0.3, 0.4) is 0 Å². The molecule has 0 radical (unpaired) electrons. The first-order valence-electron chi connectivity index (χ1n) is 11.1. The molecule has 4 aromatic rings. The molecule has 2 heterocycles. The molecule has 0 spiro atoms. The van der Waals surface area contributed by atoms with Gasteiger partial charge in [0.1, 0.15) is 5.82 Å². The van der Waals surface area contributed by atoms with Gasteiger partial charge in [-0.2, -0.15) is 0 Å². The normalized spacial score (nSPS) is 13.4. The number of anilines is 1. The quantitative estimate of drug-likeness (QED) is 0.426. The lowest BCUT2D eigenvalue weighted by Gasteiger charge is -2.11. The molecule has 0 bridgehead atoms. The van der Waals surface area contributed by atoms with Crippen LogP contribution in [0.5, 0.6) is 11.5 Å². The largest absolute Gasteiger partial charge is 0.490 e. The second-order valence-electron chi connectivity index (χ2n) is 8.09. The summed E-state index contributed by atoms with van der Waals surface area (Å²) < 4.78 is 41.6. The van der Waals surface area contributed by atoms with E-state index < -0.39 is 15.9 Å². The van der Waals surface area contributed by atoms with Crippen LogP contribution in [-0.4, -0.2) is 37.1 Å². The summed E-state index contributed by atoms with van der Waals surface area (Å²) in [5.74, 6) is 1.33. The second kappa shape index (κ2) is 9.40. The Hall–Kier alpha value is -3.89. The lowest BCUT2D eigenvalue weighted by Crippen LogP contribution is -2.25. The number of sulfonamides is 1. The van der Waals surface area contributed by atoms with E-state index in [4.69, 9.17) is 9.47 Å². The van der Waals surface area contributed by atoms with Crippen molar-refractivity contribution in [2.24, 2.45) is 7.05 Å². The molecule has 3 aromatic carbocycles. The number of nitrogens with zero attached hydrogens (tertiary/aromatic N) is 2. The van der Waals surface area contributed by atoms with Gasteiger partial charge in [0.15, 0.2) is 11.5 Å². The highest BCUT2D eigenvalue weighted by atomic mass is 32.2. The van der Waals surface area contributed by atoms with Gasteiger partial charge in [0.2, 0.25) is 10.0 Å². The van der Waals surface area contributed by atoms with Crippen LogP contribution in [0.2, 0.25) is 0 Å². The third-order valence-electron chi connectivity index (χ3n) is 5.71. The van der Waals surface area contributed by atoms with Gasteiger partial charge in [0, 0.05) is 30.8 Å². The third kappa shape index (κ3) is 4.84. The molecule has 1 aliphatic rings. The van der Waals surface area contributed by atoms with E-state index in [0.717, 1.165) is 17.5 Å². The average Bonchev–Trinajstić information content (AvgIpc) is 3.02. The fourth-order valence-corrected chi connectivity index (χ4v) is 4.87.